The first-order chi connectivity index (χ1) is 57.7. The third kappa shape index (κ3) is 34.0. The van der Waals surface area contributed by atoms with Crippen molar-refractivity contribution < 1.29 is 9.31 Å². The molecule has 0 spiro atoms. The van der Waals surface area contributed by atoms with E-state index < -0.39 is 0 Å². The first-order valence-electron chi connectivity index (χ1n) is 45.0. The van der Waals surface area contributed by atoms with E-state index in [1.807, 2.05) is 281 Å². The van der Waals surface area contributed by atoms with E-state index in [4.69, 9.17) is 25.9 Å². The van der Waals surface area contributed by atoms with Gasteiger partial charge in [0.25, 0.3) is 0 Å². The Labute approximate surface area is 756 Å². The fourth-order valence-corrected chi connectivity index (χ4v) is 13.1. The van der Waals surface area contributed by atoms with Gasteiger partial charge in [-0.25, -0.2) is 24.9 Å². The van der Waals surface area contributed by atoms with Gasteiger partial charge in [0, 0.05) is 16.7 Å². The van der Waals surface area contributed by atoms with Crippen molar-refractivity contribution in [1.82, 2.24) is 29.9 Å². The molecule has 0 radical (unpaired) electrons. The quantitative estimate of drug-likeness (QED) is 0.161. The standard InChI is InChI=1S/C23H17N3.C17H12ClN3.2C14H12.C12H17BO2.14C2H6.4CH4/c1-15-24-22(16-8-3-2-4-9-16)26-23(25-15)20-13-7-11-18-14-17-10-5-6-12-19(17)21(18)20;1-10-19-16(21-17(18)20-10)14-8-4-6-12-9-11-5-2-3-7-13(11)15(12)14;2*1-10-5-4-8-13-12-7-3-2-6-11(12)9-14(10)13;1-11(2)12(3,4)15-13(14-11)10-8-6-5-7-9-10;14*1-2;;;;/h2-13H,14H2,1H3;2-8H,9H2,1H3;2*2-8H,9H2,1H3;5-9H,1-4H3;14*1-2H3;4*1H4. The first kappa shape index (κ1) is 123. The lowest BCUT2D eigenvalue weighted by molar-refractivity contribution is 0.00578. The van der Waals surface area contributed by atoms with Gasteiger partial charge in [-0.3, -0.25) is 0 Å². The van der Waals surface area contributed by atoms with Crippen LogP contribution < -0.4 is 5.46 Å². The smallest absolute Gasteiger partial charge is 0.399 e. The predicted molar refractivity (Wildman–Crippen MR) is 554 cm³/mol. The van der Waals surface area contributed by atoms with E-state index >= 15 is 0 Å². The molecule has 3 heterocycles. The monoisotopic (exact) mass is 1680 g/mol. The Morgan fingerprint density at radius 1 is 0.254 bits per heavy atom. The Balaban J connectivity index is -0.000000323. The fourth-order valence-electron chi connectivity index (χ4n) is 12.9. The normalized spacial score (nSPS) is 11.0. The second kappa shape index (κ2) is 70.0. The number of halogens is 1. The highest BCUT2D eigenvalue weighted by Gasteiger charge is 2.51. The molecule has 1 fully saturated rings. The number of hydrogen-bond donors (Lipinski definition) is 0. The summed E-state index contributed by atoms with van der Waals surface area (Å²) in [4.78, 5) is 26.8. The number of benzene rings is 10. The molecule has 5 aliphatic rings. The molecule has 2 aromatic heterocycles. The molecule has 17 rings (SSSR count). The first-order valence-corrected chi connectivity index (χ1v) is 45.4. The molecule has 10 aromatic carbocycles. The van der Waals surface area contributed by atoms with Gasteiger partial charge in [-0.2, -0.15) is 4.98 Å². The van der Waals surface area contributed by atoms with Gasteiger partial charge in [-0.15, -0.1) is 0 Å². The van der Waals surface area contributed by atoms with Crippen molar-refractivity contribution >= 4 is 24.2 Å². The van der Waals surface area contributed by atoms with Crippen LogP contribution in [0.1, 0.15) is 319 Å². The number of fused-ring (bicyclic) bond motifs is 12. The van der Waals surface area contributed by atoms with Gasteiger partial charge in [-0.1, -0.05) is 454 Å². The molecule has 0 saturated carbocycles. The lowest BCUT2D eigenvalue weighted by Gasteiger charge is -2.32. The lowest BCUT2D eigenvalue weighted by Crippen LogP contribution is -2.41. The van der Waals surface area contributed by atoms with Gasteiger partial charge in [-0.05, 0) is 198 Å². The van der Waals surface area contributed by atoms with Crippen molar-refractivity contribution in [2.75, 3.05) is 0 Å². The Morgan fingerprint density at radius 2 is 0.516 bits per heavy atom. The Morgan fingerprint density at radius 3 is 0.869 bits per heavy atom. The fraction of sp³-hybridized carbons (Fsp3) is 0.411. The second-order valence-electron chi connectivity index (χ2n) is 24.6. The molecule has 10 heteroatoms. The maximum absolute atomic E-state index is 5.99. The maximum atomic E-state index is 5.99. The minimum absolute atomic E-state index is 0. The van der Waals surface area contributed by atoms with Crippen LogP contribution >= 0.6 is 11.6 Å². The average molecular weight is 1680 g/mol. The van der Waals surface area contributed by atoms with Crippen LogP contribution in [0.5, 0.6) is 0 Å². The molecule has 0 amide bonds. The summed E-state index contributed by atoms with van der Waals surface area (Å²) in [6.45, 7) is 72.4. The van der Waals surface area contributed by atoms with E-state index in [1.165, 1.54) is 100 Å². The third-order valence-corrected chi connectivity index (χ3v) is 18.3. The van der Waals surface area contributed by atoms with Crippen molar-refractivity contribution in [3.8, 4) is 78.7 Å². The zero-order valence-electron chi connectivity index (χ0n) is 80.2. The molecule has 122 heavy (non-hydrogen) atoms. The topological polar surface area (TPSA) is 95.8 Å². The molecule has 0 atom stereocenters. The van der Waals surface area contributed by atoms with E-state index in [2.05, 4.69) is 224 Å². The Bertz CT molecular complexity index is 4520. The van der Waals surface area contributed by atoms with Crippen molar-refractivity contribution in [2.24, 2.45) is 0 Å². The minimum atomic E-state index is -0.256. The summed E-state index contributed by atoms with van der Waals surface area (Å²) in [6, 6.07) is 80.4. The molecule has 1 saturated heterocycles. The van der Waals surface area contributed by atoms with Crippen LogP contribution in [0.2, 0.25) is 5.28 Å². The maximum Gasteiger partial charge on any atom is 0.494 e. The summed E-state index contributed by atoms with van der Waals surface area (Å²) < 4.78 is 11.9. The van der Waals surface area contributed by atoms with Crippen LogP contribution in [0, 0.1) is 27.7 Å². The van der Waals surface area contributed by atoms with Gasteiger partial charge < -0.3 is 9.31 Å². The Kier molecular flexibility index (Phi) is 70.7. The van der Waals surface area contributed by atoms with Crippen molar-refractivity contribution in [3.05, 3.63) is 303 Å². The summed E-state index contributed by atoms with van der Waals surface area (Å²) in [6.07, 6.45) is 4.14. The number of nitrogens with zero attached hydrogens (tertiary/aromatic N) is 6. The van der Waals surface area contributed by atoms with Gasteiger partial charge in [0.1, 0.15) is 11.6 Å². The molecular formula is C112H170BClN6O2. The predicted octanol–water partition coefficient (Wildman–Crippen LogP) is 35.2. The lowest BCUT2D eigenvalue weighted by atomic mass is 9.79. The third-order valence-electron chi connectivity index (χ3n) is 18.1. The van der Waals surface area contributed by atoms with Crippen LogP contribution in [0.25, 0.3) is 78.7 Å². The van der Waals surface area contributed by atoms with Gasteiger partial charge >= 0.3 is 7.12 Å². The summed E-state index contributed by atoms with van der Waals surface area (Å²) in [5.41, 5.74) is 28.5. The van der Waals surface area contributed by atoms with Crippen molar-refractivity contribution in [2.45, 2.75) is 316 Å². The van der Waals surface area contributed by atoms with E-state index in [0.29, 0.717) is 11.6 Å². The molecule has 12 aromatic rings. The van der Waals surface area contributed by atoms with Crippen LogP contribution in [0.3, 0.4) is 0 Å². The molecule has 8 nitrogen and oxygen atoms in total. The molecule has 670 valence electrons. The number of hydrogen-bond acceptors (Lipinski definition) is 8. The largest absolute Gasteiger partial charge is 0.494 e. The van der Waals surface area contributed by atoms with Gasteiger partial charge in [0.2, 0.25) is 5.28 Å². The SMILES string of the molecule is C.C.C.C.CC.CC.CC.CC.CC.CC.CC.CC.CC.CC.CC.CC.CC.CC.CC1(C)OB(c2ccccc2)OC1(C)C.Cc1cccc2c1Cc1ccccc1-2.Cc1cccc2c1Cc1ccccc1-2.Cc1nc(-c2ccccc2)nc(-c2cccc3c2-c2ccccc2C3)n1.Cc1nc(Cl)nc(-c2cccc3c2-c2ccccc2C3)n1. The molecule has 4 aliphatic carbocycles. The average Bonchev–Trinajstić information content (AvgIpc) is 1.61. The molecular weight excluding hydrogens is 1510 g/mol. The van der Waals surface area contributed by atoms with E-state index in [9.17, 15) is 0 Å². The van der Waals surface area contributed by atoms with Crippen molar-refractivity contribution in [3.63, 3.8) is 0 Å². The Hall–Kier alpha value is -9.51. The van der Waals surface area contributed by atoms with Gasteiger partial charge in [0.05, 0.1) is 11.2 Å². The summed E-state index contributed by atoms with van der Waals surface area (Å²) in [5.74, 6) is 3.47. The second-order valence-corrected chi connectivity index (χ2v) is 24.9. The highest BCUT2D eigenvalue weighted by Crippen LogP contribution is 2.45. The minimum Gasteiger partial charge on any atom is -0.399 e. The van der Waals surface area contributed by atoms with Crippen molar-refractivity contribution in [1.29, 1.82) is 0 Å². The highest BCUT2D eigenvalue weighted by molar-refractivity contribution is 6.62. The molecule has 0 N–H and O–H groups in total. The van der Waals surface area contributed by atoms with E-state index in [0.717, 1.165) is 65.3 Å². The molecule has 0 unspecified atom stereocenters. The van der Waals surface area contributed by atoms with Crippen LogP contribution in [-0.4, -0.2) is 48.2 Å². The van der Waals surface area contributed by atoms with E-state index in [-0.39, 0.29) is 53.3 Å². The summed E-state index contributed by atoms with van der Waals surface area (Å²) in [5, 5.41) is 0.237. The van der Waals surface area contributed by atoms with Gasteiger partial charge in [0.15, 0.2) is 17.5 Å². The van der Waals surface area contributed by atoms with Crippen LogP contribution in [0.4, 0.5) is 0 Å². The molecule has 0 bridgehead atoms. The molecule has 1 aliphatic heterocycles. The van der Waals surface area contributed by atoms with Crippen LogP contribution in [-0.2, 0) is 35.0 Å². The zero-order valence-corrected chi connectivity index (χ0v) is 81.0. The number of aromatic nitrogens is 6. The summed E-state index contributed by atoms with van der Waals surface area (Å²) >= 11 is 5.99. The highest BCUT2D eigenvalue weighted by atomic mass is 35.5. The number of rotatable bonds is 4. The van der Waals surface area contributed by atoms with E-state index in [1.54, 1.807) is 0 Å². The van der Waals surface area contributed by atoms with Crippen LogP contribution in [0.15, 0.2) is 231 Å². The number of aryl methyl sites for hydroxylation is 4. The summed E-state index contributed by atoms with van der Waals surface area (Å²) in [7, 11) is -0.240. The zero-order chi connectivity index (χ0) is 90.1.